The Morgan fingerprint density at radius 2 is 2.05 bits per heavy atom. The zero-order valence-electron chi connectivity index (χ0n) is 11.3. The molecule has 2 aromatic rings. The van der Waals surface area contributed by atoms with Crippen molar-refractivity contribution in [1.29, 1.82) is 0 Å². The second-order valence-corrected chi connectivity index (χ2v) is 5.57. The number of fused-ring (bicyclic) bond motifs is 1. The van der Waals surface area contributed by atoms with E-state index in [4.69, 9.17) is 11.6 Å². The van der Waals surface area contributed by atoms with Gasteiger partial charge < -0.3 is 4.90 Å². The van der Waals surface area contributed by atoms with Crippen molar-refractivity contribution in [2.45, 2.75) is 32.6 Å². The summed E-state index contributed by atoms with van der Waals surface area (Å²) in [6.45, 7) is 6.43. The molecular weight excluding hydrogens is 262 g/mol. The second kappa shape index (κ2) is 4.96. The monoisotopic (exact) mass is 279 g/mol. The predicted octanol–water partition coefficient (Wildman–Crippen LogP) is 2.41. The summed E-state index contributed by atoms with van der Waals surface area (Å²) in [5.41, 5.74) is 0.967. The van der Waals surface area contributed by atoms with Crippen LogP contribution in [0.1, 0.15) is 31.3 Å². The minimum absolute atomic E-state index is 0.318. The molecule has 0 bridgehead atoms. The van der Waals surface area contributed by atoms with E-state index in [1.165, 1.54) is 12.8 Å². The molecule has 0 aromatic carbocycles. The van der Waals surface area contributed by atoms with Gasteiger partial charge in [0.1, 0.15) is 5.82 Å². The van der Waals surface area contributed by atoms with Crippen molar-refractivity contribution in [2.24, 2.45) is 5.92 Å². The Hall–Kier alpha value is -1.36. The van der Waals surface area contributed by atoms with E-state index < -0.39 is 0 Å². The van der Waals surface area contributed by atoms with Crippen LogP contribution in [0.4, 0.5) is 5.82 Å². The van der Waals surface area contributed by atoms with Crippen molar-refractivity contribution < 1.29 is 0 Å². The highest BCUT2D eigenvalue weighted by Crippen LogP contribution is 2.23. The summed E-state index contributed by atoms with van der Waals surface area (Å²) < 4.78 is 1.82. The SMILES string of the molecule is Cc1cc(N2CCC(C)CC2)n2nc(CCl)nc2n1. The maximum Gasteiger partial charge on any atom is 0.254 e. The number of hydrogen-bond donors (Lipinski definition) is 0. The summed E-state index contributed by atoms with van der Waals surface area (Å²) in [4.78, 5) is 11.1. The third kappa shape index (κ3) is 2.39. The van der Waals surface area contributed by atoms with Crippen molar-refractivity contribution in [1.82, 2.24) is 19.6 Å². The quantitative estimate of drug-likeness (QED) is 0.792. The average Bonchev–Trinajstić information content (AvgIpc) is 2.81. The third-order valence-corrected chi connectivity index (χ3v) is 3.93. The van der Waals surface area contributed by atoms with Gasteiger partial charge in [-0.05, 0) is 25.7 Å². The van der Waals surface area contributed by atoms with Gasteiger partial charge in [-0.1, -0.05) is 6.92 Å². The average molecular weight is 280 g/mol. The number of aryl methyl sites for hydroxylation is 1. The third-order valence-electron chi connectivity index (χ3n) is 3.69. The lowest BCUT2D eigenvalue weighted by molar-refractivity contribution is 0.435. The zero-order valence-corrected chi connectivity index (χ0v) is 12.1. The molecule has 0 aliphatic carbocycles. The van der Waals surface area contributed by atoms with Crippen LogP contribution in [0.15, 0.2) is 6.07 Å². The molecule has 1 saturated heterocycles. The van der Waals surface area contributed by atoms with E-state index in [9.17, 15) is 0 Å². The predicted molar refractivity (Wildman–Crippen MR) is 75.7 cm³/mol. The van der Waals surface area contributed by atoms with Crippen molar-refractivity contribution >= 4 is 23.2 Å². The largest absolute Gasteiger partial charge is 0.356 e. The number of piperidine rings is 1. The molecule has 1 aliphatic heterocycles. The van der Waals surface area contributed by atoms with E-state index in [2.05, 4.69) is 33.0 Å². The Morgan fingerprint density at radius 3 is 2.74 bits per heavy atom. The molecule has 2 aromatic heterocycles. The Balaban J connectivity index is 2.03. The molecule has 0 radical (unpaired) electrons. The Bertz CT molecular complexity index is 586. The normalized spacial score (nSPS) is 17.3. The molecular formula is C13H18ClN5. The van der Waals surface area contributed by atoms with Crippen molar-refractivity contribution in [3.63, 3.8) is 0 Å². The van der Waals surface area contributed by atoms with Crippen LogP contribution in [-0.2, 0) is 5.88 Å². The zero-order chi connectivity index (χ0) is 13.4. The second-order valence-electron chi connectivity index (χ2n) is 5.30. The Morgan fingerprint density at radius 1 is 1.32 bits per heavy atom. The first-order valence-electron chi connectivity index (χ1n) is 6.71. The van der Waals surface area contributed by atoms with Gasteiger partial charge in [0, 0.05) is 24.8 Å². The molecule has 102 valence electrons. The molecule has 6 heteroatoms. The van der Waals surface area contributed by atoms with Crippen molar-refractivity contribution in [3.8, 4) is 0 Å². The van der Waals surface area contributed by atoms with Crippen LogP contribution >= 0.6 is 11.6 Å². The fraction of sp³-hybridized carbons (Fsp3) is 0.615. The molecule has 0 N–H and O–H groups in total. The van der Waals surface area contributed by atoms with Crippen LogP contribution < -0.4 is 4.90 Å². The van der Waals surface area contributed by atoms with Gasteiger partial charge in [0.2, 0.25) is 0 Å². The number of alkyl halides is 1. The minimum atomic E-state index is 0.318. The smallest absolute Gasteiger partial charge is 0.254 e. The molecule has 0 atom stereocenters. The highest BCUT2D eigenvalue weighted by atomic mass is 35.5. The topological polar surface area (TPSA) is 46.3 Å². The van der Waals surface area contributed by atoms with Crippen LogP contribution in [0.5, 0.6) is 0 Å². The lowest BCUT2D eigenvalue weighted by atomic mass is 9.99. The minimum Gasteiger partial charge on any atom is -0.356 e. The molecule has 5 nitrogen and oxygen atoms in total. The van der Waals surface area contributed by atoms with E-state index >= 15 is 0 Å². The Labute approximate surface area is 117 Å². The van der Waals surface area contributed by atoms with Crippen LogP contribution in [0.3, 0.4) is 0 Å². The summed E-state index contributed by atoms with van der Waals surface area (Å²) in [5.74, 6) is 3.48. The van der Waals surface area contributed by atoms with E-state index in [0.29, 0.717) is 17.5 Å². The number of rotatable bonds is 2. The fourth-order valence-corrected chi connectivity index (χ4v) is 2.64. The molecule has 3 heterocycles. The molecule has 0 unspecified atom stereocenters. The number of nitrogens with zero attached hydrogens (tertiary/aromatic N) is 5. The van der Waals surface area contributed by atoms with Gasteiger partial charge in [0.15, 0.2) is 5.82 Å². The number of halogens is 1. The molecule has 0 amide bonds. The van der Waals surface area contributed by atoms with Gasteiger partial charge >= 0.3 is 0 Å². The maximum absolute atomic E-state index is 5.82. The van der Waals surface area contributed by atoms with Crippen LogP contribution in [0.2, 0.25) is 0 Å². The first kappa shape index (κ1) is 12.7. The molecule has 0 saturated carbocycles. The first-order valence-corrected chi connectivity index (χ1v) is 7.25. The molecule has 3 rings (SSSR count). The molecule has 19 heavy (non-hydrogen) atoms. The lowest BCUT2D eigenvalue weighted by Crippen LogP contribution is -2.34. The summed E-state index contributed by atoms with van der Waals surface area (Å²) in [6.07, 6.45) is 2.44. The Kier molecular flexibility index (Phi) is 3.31. The van der Waals surface area contributed by atoms with E-state index in [-0.39, 0.29) is 0 Å². The first-order chi connectivity index (χ1) is 9.17. The van der Waals surface area contributed by atoms with Crippen molar-refractivity contribution in [2.75, 3.05) is 18.0 Å². The fourth-order valence-electron chi connectivity index (χ4n) is 2.53. The van der Waals surface area contributed by atoms with Gasteiger partial charge in [0.25, 0.3) is 5.78 Å². The highest BCUT2D eigenvalue weighted by molar-refractivity contribution is 6.16. The lowest BCUT2D eigenvalue weighted by Gasteiger charge is -2.31. The molecule has 1 aliphatic rings. The maximum atomic E-state index is 5.82. The number of anilines is 1. The molecule has 1 fully saturated rings. The van der Waals surface area contributed by atoms with Gasteiger partial charge in [-0.25, -0.2) is 4.98 Å². The summed E-state index contributed by atoms with van der Waals surface area (Å²) in [7, 11) is 0. The van der Waals surface area contributed by atoms with E-state index in [0.717, 1.165) is 30.5 Å². The number of aromatic nitrogens is 4. The highest BCUT2D eigenvalue weighted by Gasteiger charge is 2.20. The van der Waals surface area contributed by atoms with Crippen LogP contribution in [0.25, 0.3) is 5.78 Å². The van der Waals surface area contributed by atoms with Crippen LogP contribution in [-0.4, -0.2) is 32.7 Å². The van der Waals surface area contributed by atoms with Gasteiger partial charge in [-0.15, -0.1) is 16.7 Å². The van der Waals surface area contributed by atoms with E-state index in [1.807, 2.05) is 11.4 Å². The van der Waals surface area contributed by atoms with Crippen molar-refractivity contribution in [3.05, 3.63) is 17.6 Å². The summed E-state index contributed by atoms with van der Waals surface area (Å²) in [5, 5.41) is 4.44. The summed E-state index contributed by atoms with van der Waals surface area (Å²) >= 11 is 5.82. The van der Waals surface area contributed by atoms with Gasteiger partial charge in [-0.2, -0.15) is 9.50 Å². The number of hydrogen-bond acceptors (Lipinski definition) is 4. The molecule has 0 spiro atoms. The van der Waals surface area contributed by atoms with Gasteiger partial charge in [-0.3, -0.25) is 0 Å². The summed E-state index contributed by atoms with van der Waals surface area (Å²) in [6, 6.07) is 2.08. The van der Waals surface area contributed by atoms with Crippen LogP contribution in [0, 0.1) is 12.8 Å². The van der Waals surface area contributed by atoms with Gasteiger partial charge in [0.05, 0.1) is 5.88 Å². The standard InChI is InChI=1S/C13H18ClN5/c1-9-3-5-18(6-4-9)12-7-10(2)15-13-16-11(8-14)17-19(12)13/h7,9H,3-6,8H2,1-2H3. The van der Waals surface area contributed by atoms with E-state index in [1.54, 1.807) is 0 Å².